The van der Waals surface area contributed by atoms with Gasteiger partial charge in [-0.25, -0.2) is 0 Å². The molecule has 0 radical (unpaired) electrons. The fourth-order valence-electron chi connectivity index (χ4n) is 0.650. The minimum Gasteiger partial charge on any atom is -0.423 e. The summed E-state index contributed by atoms with van der Waals surface area (Å²) >= 11 is 0. The van der Waals surface area contributed by atoms with Gasteiger partial charge in [0.15, 0.2) is 0 Å². The zero-order chi connectivity index (χ0) is 10.7. The van der Waals surface area contributed by atoms with Crippen LogP contribution in [0.5, 0.6) is 0 Å². The highest BCUT2D eigenvalue weighted by molar-refractivity contribution is 6.49. The number of hydrogen-bond donors (Lipinski definition) is 2. The quantitative estimate of drug-likeness (QED) is 0.647. The Morgan fingerprint density at radius 3 is 2.00 bits per heavy atom. The second-order valence-corrected chi connectivity index (χ2v) is 4.10. The smallest absolute Gasteiger partial charge is 0.423 e. The maximum absolute atomic E-state index is 9.70. The molecule has 0 bridgehead atoms. The Labute approximate surface area is 80.6 Å². The average Bonchev–Trinajstić information content (AvgIpc) is 1.83. The Hall–Kier alpha value is -0.315. The summed E-state index contributed by atoms with van der Waals surface area (Å²) in [5.41, 5.74) is -1.78. The van der Waals surface area contributed by atoms with Crippen molar-refractivity contribution < 1.29 is 14.8 Å². The first-order valence-electron chi connectivity index (χ1n) is 4.42. The molecule has 0 aliphatic carbocycles. The molecule has 76 valence electrons. The summed E-state index contributed by atoms with van der Waals surface area (Å²) in [5, 5.41) is 19.0. The van der Waals surface area contributed by atoms with Crippen molar-refractivity contribution in [2.45, 2.75) is 45.8 Å². The molecule has 0 aromatic heterocycles. The molecule has 4 heteroatoms. The van der Waals surface area contributed by atoms with E-state index in [1.54, 1.807) is 40.7 Å². The Kier molecular flexibility index (Phi) is 4.16. The van der Waals surface area contributed by atoms with E-state index in [9.17, 15) is 10.1 Å². The van der Waals surface area contributed by atoms with Gasteiger partial charge in [-0.3, -0.25) is 0 Å². The van der Waals surface area contributed by atoms with Gasteiger partial charge in [0.25, 0.3) is 0 Å². The minimum absolute atomic E-state index is 0.786. The van der Waals surface area contributed by atoms with Crippen LogP contribution in [0.25, 0.3) is 0 Å². The average molecular weight is 186 g/mol. The van der Waals surface area contributed by atoms with Crippen LogP contribution in [0.4, 0.5) is 0 Å². The molecule has 0 heterocycles. The van der Waals surface area contributed by atoms with Crippen molar-refractivity contribution >= 4 is 7.12 Å². The lowest BCUT2D eigenvalue weighted by Gasteiger charge is -2.38. The third-order valence-electron chi connectivity index (χ3n) is 2.25. The van der Waals surface area contributed by atoms with Gasteiger partial charge in [0, 0.05) is 0 Å². The van der Waals surface area contributed by atoms with Crippen molar-refractivity contribution in [2.24, 2.45) is 0 Å². The van der Waals surface area contributed by atoms with E-state index in [0.717, 1.165) is 0 Å². The zero-order valence-electron chi connectivity index (χ0n) is 9.03. The van der Waals surface area contributed by atoms with E-state index in [-0.39, 0.29) is 0 Å². The number of hydrogen-bond acceptors (Lipinski definition) is 3. The monoisotopic (exact) mass is 186 g/mol. The number of rotatable bonds is 4. The van der Waals surface area contributed by atoms with E-state index >= 15 is 0 Å². The summed E-state index contributed by atoms with van der Waals surface area (Å²) in [4.78, 5) is 0. The van der Waals surface area contributed by atoms with Gasteiger partial charge in [-0.2, -0.15) is 0 Å². The maximum atomic E-state index is 9.70. The van der Waals surface area contributed by atoms with Gasteiger partial charge in [-0.1, -0.05) is 12.1 Å². The fourth-order valence-corrected chi connectivity index (χ4v) is 0.650. The van der Waals surface area contributed by atoms with Gasteiger partial charge in [0.2, 0.25) is 0 Å². The minimum atomic E-state index is -0.991. The Morgan fingerprint density at radius 1 is 1.23 bits per heavy atom. The molecular weight excluding hydrogens is 167 g/mol. The Balaban J connectivity index is 4.33. The van der Waals surface area contributed by atoms with Crippen molar-refractivity contribution in [3.63, 3.8) is 0 Å². The van der Waals surface area contributed by atoms with Crippen molar-refractivity contribution in [3.05, 3.63) is 12.1 Å². The largest absolute Gasteiger partial charge is 0.483 e. The van der Waals surface area contributed by atoms with E-state index < -0.39 is 18.3 Å². The van der Waals surface area contributed by atoms with Gasteiger partial charge >= 0.3 is 7.12 Å². The molecule has 0 rings (SSSR count). The second kappa shape index (κ2) is 4.27. The van der Waals surface area contributed by atoms with Crippen molar-refractivity contribution in [2.75, 3.05) is 0 Å². The van der Waals surface area contributed by atoms with Crippen LogP contribution >= 0.6 is 0 Å². The Morgan fingerprint density at radius 2 is 1.69 bits per heavy atom. The van der Waals surface area contributed by atoms with Gasteiger partial charge in [-0.05, 0) is 34.6 Å². The molecular formula is C9H19BO3. The summed E-state index contributed by atoms with van der Waals surface area (Å²) in [5.74, 6) is 1.52. The van der Waals surface area contributed by atoms with Crippen LogP contribution in [-0.4, -0.2) is 28.5 Å². The molecule has 0 saturated carbocycles. The molecule has 0 unspecified atom stereocenters. The lowest BCUT2D eigenvalue weighted by Crippen LogP contribution is -2.50. The van der Waals surface area contributed by atoms with Crippen LogP contribution in [0.3, 0.4) is 0 Å². The highest BCUT2D eigenvalue weighted by Crippen LogP contribution is 2.25. The summed E-state index contributed by atoms with van der Waals surface area (Å²) in [6.07, 6.45) is 1.70. The molecule has 0 saturated heterocycles. The van der Waals surface area contributed by atoms with Gasteiger partial charge in [-0.15, -0.1) is 0 Å². The summed E-state index contributed by atoms with van der Waals surface area (Å²) in [6.45, 7) is 8.56. The van der Waals surface area contributed by atoms with E-state index in [1.807, 2.05) is 0 Å². The van der Waals surface area contributed by atoms with E-state index in [1.165, 1.54) is 5.98 Å². The molecule has 13 heavy (non-hydrogen) atoms. The van der Waals surface area contributed by atoms with Crippen LogP contribution in [-0.2, 0) is 4.65 Å². The van der Waals surface area contributed by atoms with E-state index in [0.29, 0.717) is 0 Å². The first-order chi connectivity index (χ1) is 5.70. The predicted octanol–water partition coefficient (Wildman–Crippen LogP) is 1.15. The molecule has 2 N–H and O–H groups in total. The molecule has 0 aromatic rings. The normalized spacial score (nSPS) is 13.8. The fraction of sp³-hybridized carbons (Fsp3) is 0.778. The predicted molar refractivity (Wildman–Crippen MR) is 54.2 cm³/mol. The Bertz CT molecular complexity index is 182. The lowest BCUT2D eigenvalue weighted by atomic mass is 9.83. The van der Waals surface area contributed by atoms with Crippen molar-refractivity contribution in [3.8, 4) is 0 Å². The molecule has 0 atom stereocenters. The molecule has 0 aliphatic rings. The molecule has 0 aliphatic heterocycles. The van der Waals surface area contributed by atoms with Crippen molar-refractivity contribution in [1.29, 1.82) is 0 Å². The zero-order valence-corrected chi connectivity index (χ0v) is 9.03. The van der Waals surface area contributed by atoms with Gasteiger partial charge in [0.05, 0.1) is 11.2 Å². The SMILES string of the molecule is C/C=C/B(O)OC(C)(C)C(C)(C)O. The second-order valence-electron chi connectivity index (χ2n) is 4.10. The summed E-state index contributed by atoms with van der Waals surface area (Å²) in [7, 11) is -0.966. The summed E-state index contributed by atoms with van der Waals surface area (Å²) in [6, 6.07) is 0. The number of allylic oxidation sites excluding steroid dienone is 1. The van der Waals surface area contributed by atoms with Crippen LogP contribution < -0.4 is 0 Å². The summed E-state index contributed by atoms with van der Waals surface area (Å²) < 4.78 is 5.26. The molecule has 0 spiro atoms. The highest BCUT2D eigenvalue weighted by atomic mass is 16.5. The highest BCUT2D eigenvalue weighted by Gasteiger charge is 2.38. The van der Waals surface area contributed by atoms with Gasteiger partial charge in [0.1, 0.15) is 0 Å². The first kappa shape index (κ1) is 12.7. The third-order valence-corrected chi connectivity index (χ3v) is 2.25. The first-order valence-corrected chi connectivity index (χ1v) is 4.42. The van der Waals surface area contributed by atoms with Crippen molar-refractivity contribution in [1.82, 2.24) is 0 Å². The van der Waals surface area contributed by atoms with Gasteiger partial charge < -0.3 is 14.8 Å². The van der Waals surface area contributed by atoms with E-state index in [4.69, 9.17) is 4.65 Å². The molecule has 0 aromatic carbocycles. The molecule has 0 fully saturated rings. The van der Waals surface area contributed by atoms with Crippen LogP contribution in [0, 0.1) is 0 Å². The topological polar surface area (TPSA) is 49.7 Å². The number of aliphatic hydroxyl groups is 1. The molecule has 3 nitrogen and oxygen atoms in total. The third kappa shape index (κ3) is 3.94. The van der Waals surface area contributed by atoms with Crippen LogP contribution in [0.1, 0.15) is 34.6 Å². The standard InChI is InChI=1S/C9H19BO3/c1-6-7-10(12)13-9(4,5)8(2,3)11/h6-7,11-12H,1-5H3/b7-6+. The molecule has 0 amide bonds. The van der Waals surface area contributed by atoms with Crippen LogP contribution in [0.15, 0.2) is 12.1 Å². The lowest BCUT2D eigenvalue weighted by molar-refractivity contribution is -0.0984. The van der Waals surface area contributed by atoms with E-state index in [2.05, 4.69) is 0 Å². The maximum Gasteiger partial charge on any atom is 0.483 e. The van der Waals surface area contributed by atoms with Crippen LogP contribution in [0.2, 0.25) is 0 Å².